The highest BCUT2D eigenvalue weighted by Crippen LogP contribution is 2.35. The molecule has 0 unspecified atom stereocenters. The second-order valence-electron chi connectivity index (χ2n) is 5.18. The molecule has 1 aliphatic rings. The van der Waals surface area contributed by atoms with E-state index in [0.717, 1.165) is 0 Å². The van der Waals surface area contributed by atoms with Crippen molar-refractivity contribution in [1.82, 2.24) is 0 Å². The largest absolute Gasteiger partial charge is 0.482 e. The monoisotopic (exact) mass is 264 g/mol. The second-order valence-corrected chi connectivity index (χ2v) is 5.18. The lowest BCUT2D eigenvalue weighted by atomic mass is 9.92. The molecule has 0 bridgehead atoms. The molecule has 0 spiro atoms. The molecule has 1 aliphatic heterocycles. The topological polar surface area (TPSA) is 92.9 Å². The van der Waals surface area contributed by atoms with Gasteiger partial charge in [0.1, 0.15) is 5.75 Å². The van der Waals surface area contributed by atoms with Crippen LogP contribution in [0, 0.1) is 5.41 Å². The van der Waals surface area contributed by atoms with Gasteiger partial charge in [0.25, 0.3) is 5.91 Å². The summed E-state index contributed by atoms with van der Waals surface area (Å²) in [5.41, 5.74) is 5.67. The molecule has 0 aliphatic carbocycles. The van der Waals surface area contributed by atoms with Gasteiger partial charge in [-0.3, -0.25) is 9.59 Å². The molecule has 19 heavy (non-hydrogen) atoms. The number of ether oxygens (including phenoxy) is 1. The van der Waals surface area contributed by atoms with E-state index in [1.807, 2.05) is 0 Å². The minimum Gasteiger partial charge on any atom is -0.482 e. The van der Waals surface area contributed by atoms with E-state index < -0.39 is 11.4 Å². The van der Waals surface area contributed by atoms with Gasteiger partial charge in [0.05, 0.1) is 11.1 Å². The van der Waals surface area contributed by atoms with Crippen LogP contribution in [0.4, 0.5) is 11.4 Å². The molecule has 1 aromatic carbocycles. The molecular formula is C13H16N2O4. The summed E-state index contributed by atoms with van der Waals surface area (Å²) in [6.07, 6.45) is 0. The number of nitrogens with zero attached hydrogens (tertiary/aromatic N) is 1. The maximum absolute atomic E-state index is 11.9. The molecule has 1 amide bonds. The first-order chi connectivity index (χ1) is 8.81. The number of nitrogen functional groups attached to an aromatic ring is 1. The molecule has 0 saturated heterocycles. The van der Waals surface area contributed by atoms with Crippen LogP contribution in [0.2, 0.25) is 0 Å². The number of carboxylic acids is 1. The third-order valence-corrected chi connectivity index (χ3v) is 3.06. The predicted molar refractivity (Wildman–Crippen MR) is 70.1 cm³/mol. The molecule has 2 rings (SSSR count). The lowest BCUT2D eigenvalue weighted by Crippen LogP contribution is -2.46. The van der Waals surface area contributed by atoms with Crippen LogP contribution < -0.4 is 15.4 Å². The fourth-order valence-corrected chi connectivity index (χ4v) is 1.86. The predicted octanol–water partition coefficient (Wildman–Crippen LogP) is 1.10. The van der Waals surface area contributed by atoms with Gasteiger partial charge in [0, 0.05) is 12.2 Å². The summed E-state index contributed by atoms with van der Waals surface area (Å²) < 4.78 is 5.30. The summed E-state index contributed by atoms with van der Waals surface area (Å²) in [5, 5.41) is 9.17. The van der Waals surface area contributed by atoms with Crippen molar-refractivity contribution in [3.05, 3.63) is 18.2 Å². The quantitative estimate of drug-likeness (QED) is 0.797. The van der Waals surface area contributed by atoms with E-state index in [0.29, 0.717) is 17.1 Å². The Morgan fingerprint density at radius 1 is 1.53 bits per heavy atom. The van der Waals surface area contributed by atoms with E-state index >= 15 is 0 Å². The Morgan fingerprint density at radius 3 is 2.84 bits per heavy atom. The molecule has 0 atom stereocenters. The van der Waals surface area contributed by atoms with E-state index in [1.54, 1.807) is 32.0 Å². The first-order valence-corrected chi connectivity index (χ1v) is 5.87. The van der Waals surface area contributed by atoms with Gasteiger partial charge in [0.15, 0.2) is 6.61 Å². The van der Waals surface area contributed by atoms with Crippen LogP contribution in [0.3, 0.4) is 0 Å². The van der Waals surface area contributed by atoms with Gasteiger partial charge in [-0.05, 0) is 32.0 Å². The average molecular weight is 264 g/mol. The highest BCUT2D eigenvalue weighted by Gasteiger charge is 2.35. The Balaban J connectivity index is 2.38. The number of nitrogens with two attached hydrogens (primary N) is 1. The van der Waals surface area contributed by atoms with Crippen LogP contribution in [0.15, 0.2) is 18.2 Å². The maximum Gasteiger partial charge on any atom is 0.310 e. The Bertz CT molecular complexity index is 539. The molecule has 3 N–H and O–H groups in total. The van der Waals surface area contributed by atoms with Crippen molar-refractivity contribution in [1.29, 1.82) is 0 Å². The molecular weight excluding hydrogens is 248 g/mol. The Morgan fingerprint density at radius 2 is 2.21 bits per heavy atom. The standard InChI is InChI=1S/C13H16N2O4/c1-13(2,12(17)18)7-15-9-5-8(14)3-4-10(9)19-6-11(15)16/h3-5H,6-7,14H2,1-2H3,(H,17,18). The first kappa shape index (κ1) is 13.2. The van der Waals surface area contributed by atoms with Gasteiger partial charge in [-0.2, -0.15) is 0 Å². The third kappa shape index (κ3) is 2.47. The summed E-state index contributed by atoms with van der Waals surface area (Å²) in [6, 6.07) is 4.97. The highest BCUT2D eigenvalue weighted by molar-refractivity contribution is 5.99. The molecule has 6 heteroatoms. The lowest BCUT2D eigenvalue weighted by Gasteiger charge is -2.34. The number of hydrogen-bond donors (Lipinski definition) is 2. The number of anilines is 2. The molecule has 0 fully saturated rings. The molecule has 1 heterocycles. The number of hydrogen-bond acceptors (Lipinski definition) is 4. The fraction of sp³-hybridized carbons (Fsp3) is 0.385. The third-order valence-electron chi connectivity index (χ3n) is 3.06. The lowest BCUT2D eigenvalue weighted by molar-refractivity contribution is -0.146. The van der Waals surface area contributed by atoms with E-state index in [9.17, 15) is 9.59 Å². The summed E-state index contributed by atoms with van der Waals surface area (Å²) in [4.78, 5) is 24.5. The van der Waals surface area contributed by atoms with E-state index in [4.69, 9.17) is 15.6 Å². The van der Waals surface area contributed by atoms with Crippen LogP contribution in [0.25, 0.3) is 0 Å². The molecule has 0 saturated carbocycles. The Hall–Kier alpha value is -2.24. The van der Waals surface area contributed by atoms with Gasteiger partial charge in [-0.25, -0.2) is 0 Å². The van der Waals surface area contributed by atoms with Crippen LogP contribution in [0.1, 0.15) is 13.8 Å². The molecule has 0 radical (unpaired) electrons. The minimum absolute atomic E-state index is 0.0704. The molecule has 0 aromatic heterocycles. The summed E-state index contributed by atoms with van der Waals surface area (Å²) in [7, 11) is 0. The van der Waals surface area contributed by atoms with Crippen LogP contribution >= 0.6 is 0 Å². The van der Waals surface area contributed by atoms with E-state index in [-0.39, 0.29) is 19.1 Å². The number of carbonyl (C=O) groups is 2. The second kappa shape index (κ2) is 4.46. The maximum atomic E-state index is 11.9. The molecule has 6 nitrogen and oxygen atoms in total. The number of amides is 1. The van der Waals surface area contributed by atoms with E-state index in [1.165, 1.54) is 4.90 Å². The number of fused-ring (bicyclic) bond motifs is 1. The van der Waals surface area contributed by atoms with Crippen molar-refractivity contribution in [3.63, 3.8) is 0 Å². The zero-order valence-corrected chi connectivity index (χ0v) is 10.8. The number of aliphatic carboxylic acids is 1. The number of benzene rings is 1. The van der Waals surface area contributed by atoms with Crippen LogP contribution in [0.5, 0.6) is 5.75 Å². The minimum atomic E-state index is -1.05. The smallest absolute Gasteiger partial charge is 0.310 e. The first-order valence-electron chi connectivity index (χ1n) is 5.87. The number of carbonyl (C=O) groups excluding carboxylic acids is 1. The summed E-state index contributed by atoms with van der Waals surface area (Å²) in [6.45, 7) is 3.13. The zero-order chi connectivity index (χ0) is 14.2. The number of carboxylic acid groups (broad SMARTS) is 1. The van der Waals surface area contributed by atoms with Crippen molar-refractivity contribution in [2.45, 2.75) is 13.8 Å². The Labute approximate surface area is 110 Å². The van der Waals surface area contributed by atoms with Crippen molar-refractivity contribution >= 4 is 23.3 Å². The highest BCUT2D eigenvalue weighted by atomic mass is 16.5. The summed E-state index contributed by atoms with van der Waals surface area (Å²) in [5.74, 6) is -0.695. The van der Waals surface area contributed by atoms with Crippen molar-refractivity contribution in [2.24, 2.45) is 5.41 Å². The van der Waals surface area contributed by atoms with Crippen LogP contribution in [-0.2, 0) is 9.59 Å². The van der Waals surface area contributed by atoms with Gasteiger partial charge >= 0.3 is 5.97 Å². The van der Waals surface area contributed by atoms with Crippen LogP contribution in [-0.4, -0.2) is 30.1 Å². The van der Waals surface area contributed by atoms with Gasteiger partial charge in [-0.1, -0.05) is 0 Å². The van der Waals surface area contributed by atoms with E-state index in [2.05, 4.69) is 0 Å². The Kier molecular flexibility index (Phi) is 3.09. The van der Waals surface area contributed by atoms with Gasteiger partial charge in [0.2, 0.25) is 0 Å². The zero-order valence-electron chi connectivity index (χ0n) is 10.8. The fourth-order valence-electron chi connectivity index (χ4n) is 1.86. The van der Waals surface area contributed by atoms with Crippen molar-refractivity contribution in [2.75, 3.05) is 23.8 Å². The average Bonchev–Trinajstić information content (AvgIpc) is 2.33. The van der Waals surface area contributed by atoms with Gasteiger partial charge < -0.3 is 20.5 Å². The van der Waals surface area contributed by atoms with Crippen molar-refractivity contribution in [3.8, 4) is 5.75 Å². The number of rotatable bonds is 3. The SMILES string of the molecule is CC(C)(CN1C(=O)COc2ccc(N)cc21)C(=O)O. The summed E-state index contributed by atoms with van der Waals surface area (Å²) >= 11 is 0. The molecule has 1 aromatic rings. The molecule has 102 valence electrons. The van der Waals surface area contributed by atoms with Crippen molar-refractivity contribution < 1.29 is 19.4 Å². The normalized spacial score (nSPS) is 14.8. The van der Waals surface area contributed by atoms with Gasteiger partial charge in [-0.15, -0.1) is 0 Å².